The Labute approximate surface area is 116 Å². The summed E-state index contributed by atoms with van der Waals surface area (Å²) in [6.45, 7) is 4.69. The molecule has 1 aliphatic carbocycles. The lowest BCUT2D eigenvalue weighted by Gasteiger charge is -2.14. The molecule has 0 unspecified atom stereocenters. The number of aliphatic hydroxyl groups excluding tert-OH is 1. The number of hydrogen-bond donors (Lipinski definition) is 3. The first-order chi connectivity index (χ1) is 9.51. The van der Waals surface area contributed by atoms with Crippen molar-refractivity contribution in [3.63, 3.8) is 0 Å². The fraction of sp³-hybridized carbons (Fsp3) is 0.667. The Morgan fingerprint density at radius 1 is 1.40 bits per heavy atom. The summed E-state index contributed by atoms with van der Waals surface area (Å²) in [6, 6.07) is 0. The molecule has 0 saturated heterocycles. The quantitative estimate of drug-likeness (QED) is 0.510. The molecule has 0 aromatic carbocycles. The van der Waals surface area contributed by atoms with E-state index in [0.717, 1.165) is 12.8 Å². The molecule has 1 fully saturated rings. The molecule has 0 bridgehead atoms. The van der Waals surface area contributed by atoms with Crippen molar-refractivity contribution in [3.05, 3.63) is 15.8 Å². The third-order valence-corrected chi connectivity index (χ3v) is 3.50. The molecular formula is C12H19N5O3. The van der Waals surface area contributed by atoms with Gasteiger partial charge in [-0.3, -0.25) is 10.1 Å². The first kappa shape index (κ1) is 14.4. The highest BCUT2D eigenvalue weighted by Gasteiger charge is 2.42. The fourth-order valence-corrected chi connectivity index (χ4v) is 1.98. The van der Waals surface area contributed by atoms with Crippen molar-refractivity contribution in [2.75, 3.05) is 30.3 Å². The van der Waals surface area contributed by atoms with E-state index in [1.807, 2.05) is 6.92 Å². The minimum absolute atomic E-state index is 0.0813. The minimum atomic E-state index is -0.480. The van der Waals surface area contributed by atoms with Crippen LogP contribution < -0.4 is 10.6 Å². The van der Waals surface area contributed by atoms with Gasteiger partial charge in [0, 0.05) is 18.5 Å². The Balaban J connectivity index is 2.25. The van der Waals surface area contributed by atoms with Crippen molar-refractivity contribution in [1.82, 2.24) is 9.97 Å². The van der Waals surface area contributed by atoms with E-state index in [1.165, 1.54) is 0 Å². The number of rotatable bonds is 7. The summed E-state index contributed by atoms with van der Waals surface area (Å²) in [5.74, 6) is 0.574. The predicted octanol–water partition coefficient (Wildman–Crippen LogP) is 1.31. The Morgan fingerprint density at radius 2 is 2.10 bits per heavy atom. The second-order valence-electron chi connectivity index (χ2n) is 5.13. The van der Waals surface area contributed by atoms with Crippen molar-refractivity contribution in [2.24, 2.45) is 5.41 Å². The molecule has 0 aliphatic heterocycles. The van der Waals surface area contributed by atoms with Gasteiger partial charge in [-0.15, -0.1) is 0 Å². The number of nitrogens with zero attached hydrogens (tertiary/aromatic N) is 3. The van der Waals surface area contributed by atoms with Gasteiger partial charge in [-0.1, -0.05) is 0 Å². The van der Waals surface area contributed by atoms with Crippen LogP contribution in [-0.2, 0) is 0 Å². The van der Waals surface area contributed by atoms with Gasteiger partial charge in [0.1, 0.15) is 5.69 Å². The number of aliphatic hydroxyl groups is 1. The Bertz CT molecular complexity index is 516. The van der Waals surface area contributed by atoms with Gasteiger partial charge in [0.05, 0.1) is 11.5 Å². The van der Waals surface area contributed by atoms with E-state index >= 15 is 0 Å². The highest BCUT2D eigenvalue weighted by molar-refractivity contribution is 5.61. The number of aryl methyl sites for hydroxylation is 1. The third kappa shape index (κ3) is 2.96. The standard InChI is InChI=1S/C12H19N5O3/c1-3-13-11-15-8(2)9(17(19)20)10(16-11)14-6-12(7-18)4-5-12/h18H,3-7H2,1-2H3,(H2,13,14,15,16). The van der Waals surface area contributed by atoms with Gasteiger partial charge in [-0.05, 0) is 26.7 Å². The van der Waals surface area contributed by atoms with Crippen LogP contribution >= 0.6 is 0 Å². The zero-order valence-electron chi connectivity index (χ0n) is 11.6. The average molecular weight is 281 g/mol. The summed E-state index contributed by atoms with van der Waals surface area (Å²) in [6.07, 6.45) is 1.85. The van der Waals surface area contributed by atoms with Crippen LogP contribution in [0, 0.1) is 22.5 Å². The van der Waals surface area contributed by atoms with Crippen LogP contribution in [0.3, 0.4) is 0 Å². The SMILES string of the molecule is CCNc1nc(C)c([N+](=O)[O-])c(NCC2(CO)CC2)n1. The van der Waals surface area contributed by atoms with E-state index in [0.29, 0.717) is 24.7 Å². The fourth-order valence-electron chi connectivity index (χ4n) is 1.98. The first-order valence-electron chi connectivity index (χ1n) is 6.63. The average Bonchev–Trinajstić information content (AvgIpc) is 3.16. The maximum atomic E-state index is 11.1. The minimum Gasteiger partial charge on any atom is -0.396 e. The number of nitro groups is 1. The smallest absolute Gasteiger partial charge is 0.332 e. The van der Waals surface area contributed by atoms with Crippen LogP contribution in [-0.4, -0.2) is 39.7 Å². The van der Waals surface area contributed by atoms with E-state index in [-0.39, 0.29) is 23.5 Å². The summed E-state index contributed by atoms with van der Waals surface area (Å²) in [7, 11) is 0. The van der Waals surface area contributed by atoms with E-state index in [9.17, 15) is 15.2 Å². The molecule has 0 amide bonds. The normalized spacial score (nSPS) is 15.8. The van der Waals surface area contributed by atoms with Gasteiger partial charge < -0.3 is 15.7 Å². The van der Waals surface area contributed by atoms with Gasteiger partial charge in [0.25, 0.3) is 0 Å². The number of nitrogens with one attached hydrogen (secondary N) is 2. The number of anilines is 2. The summed E-state index contributed by atoms with van der Waals surface area (Å²) in [5, 5.41) is 26.4. The number of aromatic nitrogens is 2. The molecule has 8 heteroatoms. The molecule has 0 atom stereocenters. The second-order valence-corrected chi connectivity index (χ2v) is 5.13. The monoisotopic (exact) mass is 281 g/mol. The predicted molar refractivity (Wildman–Crippen MR) is 74.8 cm³/mol. The second kappa shape index (κ2) is 5.58. The molecule has 20 heavy (non-hydrogen) atoms. The largest absolute Gasteiger partial charge is 0.396 e. The molecule has 3 N–H and O–H groups in total. The molecule has 1 aliphatic rings. The van der Waals surface area contributed by atoms with E-state index in [4.69, 9.17) is 0 Å². The molecule has 2 rings (SSSR count). The highest BCUT2D eigenvalue weighted by atomic mass is 16.6. The van der Waals surface area contributed by atoms with E-state index in [1.54, 1.807) is 6.92 Å². The van der Waals surface area contributed by atoms with Crippen molar-refractivity contribution in [2.45, 2.75) is 26.7 Å². The summed E-state index contributed by atoms with van der Waals surface area (Å²) < 4.78 is 0. The molecule has 8 nitrogen and oxygen atoms in total. The van der Waals surface area contributed by atoms with Crippen LogP contribution in [0.5, 0.6) is 0 Å². The Morgan fingerprint density at radius 3 is 2.60 bits per heavy atom. The molecule has 1 aromatic heterocycles. The maximum Gasteiger partial charge on any atom is 0.332 e. The van der Waals surface area contributed by atoms with Crippen molar-refractivity contribution in [1.29, 1.82) is 0 Å². The molecule has 1 aromatic rings. The van der Waals surface area contributed by atoms with Gasteiger partial charge in [-0.25, -0.2) is 4.98 Å². The van der Waals surface area contributed by atoms with Crippen molar-refractivity contribution in [3.8, 4) is 0 Å². The zero-order valence-corrected chi connectivity index (χ0v) is 11.6. The lowest BCUT2D eigenvalue weighted by Crippen LogP contribution is -2.21. The van der Waals surface area contributed by atoms with Gasteiger partial charge in [-0.2, -0.15) is 4.98 Å². The zero-order chi connectivity index (χ0) is 14.8. The van der Waals surface area contributed by atoms with Crippen LogP contribution in [0.4, 0.5) is 17.5 Å². The van der Waals surface area contributed by atoms with Crippen molar-refractivity contribution >= 4 is 17.5 Å². The molecule has 1 heterocycles. The topological polar surface area (TPSA) is 113 Å². The van der Waals surface area contributed by atoms with Crippen LogP contribution in [0.2, 0.25) is 0 Å². The van der Waals surface area contributed by atoms with Gasteiger partial charge in [0.15, 0.2) is 0 Å². The van der Waals surface area contributed by atoms with Gasteiger partial charge in [0.2, 0.25) is 11.8 Å². The molecular weight excluding hydrogens is 262 g/mol. The van der Waals surface area contributed by atoms with Crippen LogP contribution in [0.1, 0.15) is 25.5 Å². The molecule has 110 valence electrons. The highest BCUT2D eigenvalue weighted by Crippen LogP contribution is 2.45. The van der Waals surface area contributed by atoms with Gasteiger partial charge >= 0.3 is 5.69 Å². The maximum absolute atomic E-state index is 11.1. The number of hydrogen-bond acceptors (Lipinski definition) is 7. The Hall–Kier alpha value is -1.96. The summed E-state index contributed by atoms with van der Waals surface area (Å²) in [4.78, 5) is 18.9. The molecule has 0 spiro atoms. The van der Waals surface area contributed by atoms with Crippen LogP contribution in [0.15, 0.2) is 0 Å². The molecule has 1 saturated carbocycles. The van der Waals surface area contributed by atoms with E-state index < -0.39 is 4.92 Å². The summed E-state index contributed by atoms with van der Waals surface area (Å²) >= 11 is 0. The van der Waals surface area contributed by atoms with Crippen LogP contribution in [0.25, 0.3) is 0 Å². The molecule has 0 radical (unpaired) electrons. The lowest BCUT2D eigenvalue weighted by atomic mass is 10.1. The third-order valence-electron chi connectivity index (χ3n) is 3.50. The first-order valence-corrected chi connectivity index (χ1v) is 6.63. The van der Waals surface area contributed by atoms with Crippen molar-refractivity contribution < 1.29 is 10.0 Å². The lowest BCUT2D eigenvalue weighted by molar-refractivity contribution is -0.385. The van der Waals surface area contributed by atoms with E-state index in [2.05, 4.69) is 20.6 Å². The summed E-state index contributed by atoms with van der Waals surface area (Å²) in [5.41, 5.74) is 0.0584. The Kier molecular flexibility index (Phi) is 4.03.